The first-order valence-corrected chi connectivity index (χ1v) is 4.69. The van der Waals surface area contributed by atoms with E-state index in [9.17, 15) is 4.79 Å². The molecule has 0 heterocycles. The fourth-order valence-electron chi connectivity index (χ4n) is 1.25. The Labute approximate surface area is 83.9 Å². The average Bonchev–Trinajstić information content (AvgIpc) is 2.18. The summed E-state index contributed by atoms with van der Waals surface area (Å²) in [7, 11) is 0. The zero-order valence-corrected chi connectivity index (χ0v) is 8.32. The molecular weight excluding hydrogens is 178 g/mol. The second-order valence-electron chi connectivity index (χ2n) is 3.01. The molecule has 0 spiro atoms. The van der Waals surface area contributed by atoms with E-state index in [4.69, 9.17) is 10.5 Å². The Kier molecular flexibility index (Phi) is 4.13. The lowest BCUT2D eigenvalue weighted by Gasteiger charge is -2.03. The Morgan fingerprint density at radius 1 is 1.43 bits per heavy atom. The first-order chi connectivity index (χ1) is 6.76. The molecule has 1 rings (SSSR count). The molecule has 0 atom stereocenters. The highest BCUT2D eigenvalue weighted by Gasteiger charge is 2.03. The minimum Gasteiger partial charge on any atom is -0.466 e. The van der Waals surface area contributed by atoms with Crippen LogP contribution in [0.15, 0.2) is 24.3 Å². The fourth-order valence-corrected chi connectivity index (χ4v) is 1.25. The smallest absolute Gasteiger partial charge is 0.310 e. The van der Waals surface area contributed by atoms with E-state index in [1.54, 1.807) is 6.92 Å². The van der Waals surface area contributed by atoms with Crippen LogP contribution < -0.4 is 5.73 Å². The van der Waals surface area contributed by atoms with Crippen molar-refractivity contribution in [3.05, 3.63) is 35.4 Å². The van der Waals surface area contributed by atoms with Crippen LogP contribution >= 0.6 is 0 Å². The van der Waals surface area contributed by atoms with Crippen molar-refractivity contribution in [2.24, 2.45) is 5.73 Å². The molecule has 0 fully saturated rings. The first-order valence-electron chi connectivity index (χ1n) is 4.69. The summed E-state index contributed by atoms with van der Waals surface area (Å²) >= 11 is 0. The molecule has 0 unspecified atom stereocenters. The molecule has 0 radical (unpaired) electrons. The zero-order chi connectivity index (χ0) is 10.4. The summed E-state index contributed by atoms with van der Waals surface area (Å²) in [4.78, 5) is 11.2. The second kappa shape index (κ2) is 5.40. The lowest BCUT2D eigenvalue weighted by atomic mass is 10.1. The molecule has 1 aromatic carbocycles. The van der Waals surface area contributed by atoms with Crippen molar-refractivity contribution in [2.75, 3.05) is 6.61 Å². The van der Waals surface area contributed by atoms with Crippen molar-refractivity contribution >= 4 is 5.97 Å². The van der Waals surface area contributed by atoms with Crippen LogP contribution in [0.25, 0.3) is 0 Å². The first kappa shape index (κ1) is 10.7. The van der Waals surface area contributed by atoms with Crippen LogP contribution in [0, 0.1) is 0 Å². The summed E-state index contributed by atoms with van der Waals surface area (Å²) in [5.74, 6) is -0.193. The number of rotatable bonds is 4. The summed E-state index contributed by atoms with van der Waals surface area (Å²) < 4.78 is 4.85. The standard InChI is InChI=1S/C11H15NO2/c1-2-14-11(13)7-9-4-3-5-10(6-9)8-12/h3-6H,2,7-8,12H2,1H3. The number of carbonyl (C=O) groups excluding carboxylic acids is 1. The monoisotopic (exact) mass is 193 g/mol. The third-order valence-corrected chi connectivity index (χ3v) is 1.88. The number of ether oxygens (including phenoxy) is 1. The molecule has 2 N–H and O–H groups in total. The second-order valence-corrected chi connectivity index (χ2v) is 3.01. The van der Waals surface area contributed by atoms with Crippen LogP contribution in [0.2, 0.25) is 0 Å². The highest BCUT2D eigenvalue weighted by Crippen LogP contribution is 2.06. The summed E-state index contributed by atoms with van der Waals surface area (Å²) in [6.45, 7) is 2.72. The predicted molar refractivity (Wildman–Crippen MR) is 54.7 cm³/mol. The topological polar surface area (TPSA) is 52.3 Å². The Morgan fingerprint density at radius 2 is 2.14 bits per heavy atom. The average molecular weight is 193 g/mol. The zero-order valence-electron chi connectivity index (χ0n) is 8.32. The van der Waals surface area contributed by atoms with Gasteiger partial charge in [0.25, 0.3) is 0 Å². The van der Waals surface area contributed by atoms with E-state index in [0.29, 0.717) is 19.6 Å². The fraction of sp³-hybridized carbons (Fsp3) is 0.364. The summed E-state index contributed by atoms with van der Waals surface area (Å²) in [6.07, 6.45) is 0.321. The van der Waals surface area contributed by atoms with E-state index in [-0.39, 0.29) is 5.97 Å². The molecule has 3 heteroatoms. The maximum Gasteiger partial charge on any atom is 0.310 e. The summed E-state index contributed by atoms with van der Waals surface area (Å²) in [5.41, 5.74) is 7.48. The van der Waals surface area contributed by atoms with Gasteiger partial charge in [0.2, 0.25) is 0 Å². The number of esters is 1. The van der Waals surface area contributed by atoms with Crippen molar-refractivity contribution in [1.82, 2.24) is 0 Å². The summed E-state index contributed by atoms with van der Waals surface area (Å²) in [6, 6.07) is 7.67. The van der Waals surface area contributed by atoms with Crippen LogP contribution in [0.4, 0.5) is 0 Å². The van der Waals surface area contributed by atoms with Gasteiger partial charge in [0.05, 0.1) is 13.0 Å². The van der Waals surface area contributed by atoms with Crippen LogP contribution in [-0.4, -0.2) is 12.6 Å². The molecule has 14 heavy (non-hydrogen) atoms. The van der Waals surface area contributed by atoms with Gasteiger partial charge in [-0.25, -0.2) is 0 Å². The molecule has 0 aliphatic rings. The van der Waals surface area contributed by atoms with Gasteiger partial charge in [-0.05, 0) is 18.1 Å². The minimum atomic E-state index is -0.193. The lowest BCUT2D eigenvalue weighted by molar-refractivity contribution is -0.142. The maximum atomic E-state index is 11.2. The van der Waals surface area contributed by atoms with Crippen LogP contribution in [0.1, 0.15) is 18.1 Å². The van der Waals surface area contributed by atoms with Gasteiger partial charge in [0, 0.05) is 6.54 Å². The molecule has 0 saturated heterocycles. The quantitative estimate of drug-likeness (QED) is 0.732. The Hall–Kier alpha value is -1.35. The third kappa shape index (κ3) is 3.18. The van der Waals surface area contributed by atoms with E-state index in [1.165, 1.54) is 0 Å². The van der Waals surface area contributed by atoms with E-state index < -0.39 is 0 Å². The van der Waals surface area contributed by atoms with Gasteiger partial charge in [0.15, 0.2) is 0 Å². The number of hydrogen-bond donors (Lipinski definition) is 1. The van der Waals surface area contributed by atoms with Gasteiger partial charge in [-0.3, -0.25) is 4.79 Å². The highest BCUT2D eigenvalue weighted by molar-refractivity contribution is 5.72. The predicted octanol–water partition coefficient (Wildman–Crippen LogP) is 1.25. The third-order valence-electron chi connectivity index (χ3n) is 1.88. The van der Waals surface area contributed by atoms with Crippen LogP contribution in [-0.2, 0) is 22.5 Å². The molecule has 0 amide bonds. The minimum absolute atomic E-state index is 0.193. The van der Waals surface area contributed by atoms with Gasteiger partial charge in [0.1, 0.15) is 0 Å². The molecule has 3 nitrogen and oxygen atoms in total. The molecule has 76 valence electrons. The van der Waals surface area contributed by atoms with E-state index in [1.807, 2.05) is 24.3 Å². The number of hydrogen-bond acceptors (Lipinski definition) is 3. The van der Waals surface area contributed by atoms with Crippen molar-refractivity contribution in [3.8, 4) is 0 Å². The molecule has 0 bridgehead atoms. The number of carbonyl (C=O) groups is 1. The molecule has 0 saturated carbocycles. The van der Waals surface area contributed by atoms with Gasteiger partial charge in [-0.1, -0.05) is 24.3 Å². The van der Waals surface area contributed by atoms with Gasteiger partial charge in [-0.2, -0.15) is 0 Å². The van der Waals surface area contributed by atoms with Crippen molar-refractivity contribution < 1.29 is 9.53 Å². The SMILES string of the molecule is CCOC(=O)Cc1cccc(CN)c1. The Bertz CT molecular complexity index is 310. The van der Waals surface area contributed by atoms with Crippen LogP contribution in [0.3, 0.4) is 0 Å². The Balaban J connectivity index is 2.62. The van der Waals surface area contributed by atoms with E-state index in [0.717, 1.165) is 11.1 Å². The largest absolute Gasteiger partial charge is 0.466 e. The van der Waals surface area contributed by atoms with Crippen molar-refractivity contribution in [2.45, 2.75) is 19.9 Å². The number of benzene rings is 1. The van der Waals surface area contributed by atoms with E-state index >= 15 is 0 Å². The molecule has 0 aliphatic heterocycles. The van der Waals surface area contributed by atoms with E-state index in [2.05, 4.69) is 0 Å². The lowest BCUT2D eigenvalue weighted by Crippen LogP contribution is -2.08. The molecule has 1 aromatic rings. The normalized spacial score (nSPS) is 9.86. The highest BCUT2D eigenvalue weighted by atomic mass is 16.5. The van der Waals surface area contributed by atoms with Gasteiger partial charge >= 0.3 is 5.97 Å². The van der Waals surface area contributed by atoms with Crippen molar-refractivity contribution in [1.29, 1.82) is 0 Å². The Morgan fingerprint density at radius 3 is 2.79 bits per heavy atom. The summed E-state index contributed by atoms with van der Waals surface area (Å²) in [5, 5.41) is 0. The molecular formula is C11H15NO2. The molecule has 0 aliphatic carbocycles. The van der Waals surface area contributed by atoms with Crippen LogP contribution in [0.5, 0.6) is 0 Å². The van der Waals surface area contributed by atoms with Gasteiger partial charge < -0.3 is 10.5 Å². The maximum absolute atomic E-state index is 11.2. The number of nitrogens with two attached hydrogens (primary N) is 1. The van der Waals surface area contributed by atoms with Crippen molar-refractivity contribution in [3.63, 3.8) is 0 Å². The molecule has 0 aromatic heterocycles. The van der Waals surface area contributed by atoms with Gasteiger partial charge in [-0.15, -0.1) is 0 Å².